The number of allylic oxidation sites excluding steroid dienone is 2. The summed E-state index contributed by atoms with van der Waals surface area (Å²) in [5.74, 6) is -0.267. The van der Waals surface area contributed by atoms with Crippen LogP contribution in [-0.4, -0.2) is 73.7 Å². The summed E-state index contributed by atoms with van der Waals surface area (Å²) in [6.45, 7) is 0.970. The van der Waals surface area contributed by atoms with Gasteiger partial charge in [0.2, 0.25) is 12.1 Å². The van der Waals surface area contributed by atoms with Crippen LogP contribution in [0.1, 0.15) is 69.3 Å². The van der Waals surface area contributed by atoms with Crippen LogP contribution >= 0.6 is 0 Å². The number of methoxy groups -OCH3 is 2. The molecule has 7 rings (SSSR count). The fourth-order valence-corrected chi connectivity index (χ4v) is 7.45. The summed E-state index contributed by atoms with van der Waals surface area (Å²) < 4.78 is 24.3. The van der Waals surface area contributed by atoms with Crippen molar-refractivity contribution in [2.24, 2.45) is 27.1 Å². The first-order chi connectivity index (χ1) is 27.9. The Morgan fingerprint density at radius 3 is 2.16 bits per heavy atom. The Balaban J connectivity index is 0.901. The molecule has 1 aromatic carbocycles. The molecule has 58 heavy (non-hydrogen) atoms. The van der Waals surface area contributed by atoms with E-state index in [2.05, 4.69) is 16.0 Å². The van der Waals surface area contributed by atoms with Gasteiger partial charge in [-0.3, -0.25) is 14.4 Å². The van der Waals surface area contributed by atoms with Gasteiger partial charge in [0.05, 0.1) is 44.3 Å². The molecule has 5 heterocycles. The van der Waals surface area contributed by atoms with Gasteiger partial charge in [0.25, 0.3) is 11.8 Å². The standard InChI is InChI=1S/C42H46N8O8/c1-46-20-28(17-33(46)40(52)44-30-18-34(47(2)22-30)41(53)45-31-19-35(42(54)57-5)48(3)23-31)26-12-14-29(15-13-26)43-38(51)11-8-16-58-37-25-49-21-27-9-6-7-10-32(27)50(55)24-36(49)39(37)56-4/h10,12-15,17-20,22-25,27H,6-9,11,16,21H2,1-5H3,(H,43,51)(H,44,52)(H,45,53). The molecule has 2 aliphatic rings. The molecule has 1 atom stereocenters. The van der Waals surface area contributed by atoms with E-state index in [9.17, 15) is 24.4 Å². The van der Waals surface area contributed by atoms with Gasteiger partial charge < -0.3 is 53.6 Å². The van der Waals surface area contributed by atoms with Gasteiger partial charge in [0, 0.05) is 63.9 Å². The number of fused-ring (bicyclic) bond motifs is 2. The molecule has 0 bridgehead atoms. The van der Waals surface area contributed by atoms with Gasteiger partial charge in [-0.25, -0.2) is 4.79 Å². The second-order valence-electron chi connectivity index (χ2n) is 14.4. The number of ether oxygens (including phenoxy) is 3. The highest BCUT2D eigenvalue weighted by Gasteiger charge is 2.31. The molecular formula is C42H46N8O8. The molecule has 1 aliphatic carbocycles. The van der Waals surface area contributed by atoms with Crippen molar-refractivity contribution in [2.45, 2.75) is 38.6 Å². The van der Waals surface area contributed by atoms with Crippen molar-refractivity contribution in [3.63, 3.8) is 0 Å². The summed E-state index contributed by atoms with van der Waals surface area (Å²) in [6, 6.07) is 12.2. The lowest BCUT2D eigenvalue weighted by molar-refractivity contribution is -0.406. The molecule has 16 heteroatoms. The normalized spacial score (nSPS) is 14.6. The van der Waals surface area contributed by atoms with E-state index >= 15 is 0 Å². The predicted molar refractivity (Wildman–Crippen MR) is 217 cm³/mol. The number of hydrogen-bond donors (Lipinski definition) is 3. The first-order valence-electron chi connectivity index (χ1n) is 18.9. The number of nitrogens with one attached hydrogen (secondary N) is 3. The van der Waals surface area contributed by atoms with Gasteiger partial charge in [-0.05, 0) is 67.7 Å². The van der Waals surface area contributed by atoms with Crippen LogP contribution in [0.4, 0.5) is 17.1 Å². The number of amides is 3. The number of hydrogen-bond acceptors (Lipinski definition) is 8. The maximum atomic E-state index is 13.3. The van der Waals surface area contributed by atoms with E-state index < -0.39 is 11.9 Å². The smallest absolute Gasteiger partial charge is 0.354 e. The molecule has 1 unspecified atom stereocenters. The summed E-state index contributed by atoms with van der Waals surface area (Å²) in [7, 11) is 7.98. The number of hydroxylamine groups is 1. The highest BCUT2D eigenvalue weighted by Crippen LogP contribution is 2.37. The lowest BCUT2D eigenvalue weighted by atomic mass is 9.92. The molecule has 1 aliphatic heterocycles. The maximum absolute atomic E-state index is 13.3. The van der Waals surface area contributed by atoms with Crippen LogP contribution in [0.3, 0.4) is 0 Å². The third kappa shape index (κ3) is 8.26. The van der Waals surface area contributed by atoms with Crippen molar-refractivity contribution in [3.8, 4) is 22.6 Å². The minimum absolute atomic E-state index is 0.149. The van der Waals surface area contributed by atoms with E-state index in [4.69, 9.17) is 14.2 Å². The van der Waals surface area contributed by atoms with Gasteiger partial charge in [0.1, 0.15) is 17.1 Å². The van der Waals surface area contributed by atoms with Gasteiger partial charge >= 0.3 is 5.97 Å². The van der Waals surface area contributed by atoms with Crippen molar-refractivity contribution in [1.29, 1.82) is 0 Å². The lowest BCUT2D eigenvalue weighted by Gasteiger charge is -2.20. The second kappa shape index (κ2) is 16.6. The molecule has 5 aromatic rings. The fraction of sp³-hybridized carbons (Fsp3) is 0.310. The molecule has 0 saturated heterocycles. The highest BCUT2D eigenvalue weighted by atomic mass is 16.5. The van der Waals surface area contributed by atoms with E-state index in [0.717, 1.165) is 40.8 Å². The number of carbonyl (C=O) groups excluding carboxylic acids is 4. The van der Waals surface area contributed by atoms with Crippen molar-refractivity contribution < 1.29 is 38.1 Å². The zero-order chi connectivity index (χ0) is 41.1. The maximum Gasteiger partial charge on any atom is 0.354 e. The molecule has 16 nitrogen and oxygen atoms in total. The van der Waals surface area contributed by atoms with Gasteiger partial charge in [0.15, 0.2) is 22.9 Å². The van der Waals surface area contributed by atoms with E-state index in [1.807, 2.05) is 35.2 Å². The largest absolute Gasteiger partial charge is 0.618 e. The van der Waals surface area contributed by atoms with Crippen LogP contribution in [0, 0.1) is 11.1 Å². The van der Waals surface area contributed by atoms with Crippen LogP contribution in [0.15, 0.2) is 79.0 Å². The Kier molecular flexibility index (Phi) is 11.3. The molecule has 0 radical (unpaired) electrons. The Hall–Kier alpha value is -6.97. The third-order valence-electron chi connectivity index (χ3n) is 10.4. The van der Waals surface area contributed by atoms with E-state index in [0.29, 0.717) is 65.2 Å². The molecular weight excluding hydrogens is 745 g/mol. The number of anilines is 3. The minimum Gasteiger partial charge on any atom is -0.618 e. The Bertz CT molecular complexity index is 2440. The number of aryl methyl sites for hydroxylation is 3. The van der Waals surface area contributed by atoms with Crippen molar-refractivity contribution >= 4 is 47.0 Å². The molecule has 0 spiro atoms. The quantitative estimate of drug-likeness (QED) is 0.0572. The van der Waals surface area contributed by atoms with Crippen LogP contribution < -0.4 is 25.4 Å². The Labute approximate surface area is 334 Å². The summed E-state index contributed by atoms with van der Waals surface area (Å²) in [6.07, 6.45) is 14.2. The average Bonchev–Trinajstić information content (AvgIpc) is 3.95. The second-order valence-corrected chi connectivity index (χ2v) is 14.4. The topological polar surface area (TPSA) is 178 Å². The van der Waals surface area contributed by atoms with Gasteiger partial charge in [-0.15, -0.1) is 0 Å². The first-order valence-corrected chi connectivity index (χ1v) is 18.9. The van der Waals surface area contributed by atoms with E-state index in [1.165, 1.54) is 13.2 Å². The zero-order valence-electron chi connectivity index (χ0n) is 33.0. The predicted octanol–water partition coefficient (Wildman–Crippen LogP) is 5.89. The van der Waals surface area contributed by atoms with Crippen LogP contribution in [-0.2, 0) is 37.2 Å². The summed E-state index contributed by atoms with van der Waals surface area (Å²) in [4.78, 5) is 51.1. The van der Waals surface area contributed by atoms with Crippen LogP contribution in [0.5, 0.6) is 11.5 Å². The molecule has 0 saturated carbocycles. The third-order valence-corrected chi connectivity index (χ3v) is 10.4. The number of benzene rings is 1. The monoisotopic (exact) mass is 790 g/mol. The number of aromatic nitrogens is 4. The molecule has 302 valence electrons. The number of esters is 1. The first kappa shape index (κ1) is 39.3. The van der Waals surface area contributed by atoms with E-state index in [1.54, 1.807) is 84.8 Å². The SMILES string of the molecule is COC(=O)c1cc(NC(=O)c2cc(NC(=O)c3cc(-c4ccc(NC(=O)CCCOc5cn6c(c5OC)C=[N+]([O-])C5=CCCCC5C6)cc4)cn3C)cn2C)cn1C. The number of carbonyl (C=O) groups is 4. The highest BCUT2D eigenvalue weighted by molar-refractivity contribution is 6.07. The van der Waals surface area contributed by atoms with Crippen molar-refractivity contribution in [1.82, 2.24) is 18.3 Å². The summed E-state index contributed by atoms with van der Waals surface area (Å²) in [5, 5.41) is 21.4. The van der Waals surface area contributed by atoms with E-state index in [-0.39, 0.29) is 29.8 Å². The van der Waals surface area contributed by atoms with Gasteiger partial charge in [-0.1, -0.05) is 12.1 Å². The van der Waals surface area contributed by atoms with Crippen LogP contribution in [0.25, 0.3) is 11.1 Å². The van der Waals surface area contributed by atoms with Crippen molar-refractivity contribution in [3.05, 3.63) is 107 Å². The average molecular weight is 791 g/mol. The number of rotatable bonds is 13. The molecule has 3 N–H and O–H groups in total. The number of nitrogens with zero attached hydrogens (tertiary/aromatic N) is 5. The Morgan fingerprint density at radius 1 is 0.810 bits per heavy atom. The van der Waals surface area contributed by atoms with Crippen LogP contribution in [0.2, 0.25) is 0 Å². The summed E-state index contributed by atoms with van der Waals surface area (Å²) >= 11 is 0. The summed E-state index contributed by atoms with van der Waals surface area (Å²) in [5.41, 5.74) is 5.61. The molecule has 0 fully saturated rings. The lowest BCUT2D eigenvalue weighted by Crippen LogP contribution is -2.18. The van der Waals surface area contributed by atoms with Gasteiger partial charge in [-0.2, -0.15) is 4.74 Å². The fourth-order valence-electron chi connectivity index (χ4n) is 7.45. The Morgan fingerprint density at radius 2 is 1.47 bits per heavy atom. The minimum atomic E-state index is -0.523. The zero-order valence-corrected chi connectivity index (χ0v) is 33.0. The molecule has 4 aromatic heterocycles. The molecule has 3 amide bonds. The van der Waals surface area contributed by atoms with Crippen molar-refractivity contribution in [2.75, 3.05) is 36.8 Å².